The van der Waals surface area contributed by atoms with Crippen molar-refractivity contribution in [2.75, 3.05) is 13.2 Å². The van der Waals surface area contributed by atoms with E-state index in [4.69, 9.17) is 15.0 Å². The minimum Gasteiger partial charge on any atom is -0.379 e. The van der Waals surface area contributed by atoms with Crippen molar-refractivity contribution in [2.24, 2.45) is 5.73 Å². The van der Waals surface area contributed by atoms with Crippen LogP contribution in [0, 0.1) is 6.92 Å². The fourth-order valence-corrected chi connectivity index (χ4v) is 1.66. The van der Waals surface area contributed by atoms with E-state index >= 15 is 0 Å². The molecular weight excluding hydrogens is 260 g/mol. The molecule has 0 bridgehead atoms. The average Bonchev–Trinajstić information content (AvgIpc) is 2.88. The minimum absolute atomic E-state index is 0.159. The first-order valence-electron chi connectivity index (χ1n) is 6.48. The first-order valence-corrected chi connectivity index (χ1v) is 6.48. The molecule has 0 aliphatic carbocycles. The molecule has 2 aromatic rings. The maximum absolute atomic E-state index is 11.8. The number of hydrogen-bond acceptors (Lipinski definition) is 6. The number of nitrogens with one attached hydrogen (secondary N) is 1. The van der Waals surface area contributed by atoms with Crippen LogP contribution >= 0.6 is 0 Å². The minimum atomic E-state index is -0.469. The van der Waals surface area contributed by atoms with E-state index in [0.717, 1.165) is 12.1 Å². The number of H-pyrrole nitrogens is 1. The Bertz CT molecular complexity index is 620. The second kappa shape index (κ2) is 6.44. The Morgan fingerprint density at radius 2 is 2.35 bits per heavy atom. The maximum atomic E-state index is 11.8. The van der Waals surface area contributed by atoms with Crippen LogP contribution in [0.5, 0.6) is 0 Å². The zero-order chi connectivity index (χ0) is 14.5. The molecule has 1 atom stereocenters. The lowest BCUT2D eigenvalue weighted by Gasteiger charge is -2.06. The summed E-state index contributed by atoms with van der Waals surface area (Å²) < 4.78 is 10.4. The van der Waals surface area contributed by atoms with Crippen molar-refractivity contribution in [1.29, 1.82) is 0 Å². The van der Waals surface area contributed by atoms with Crippen molar-refractivity contribution in [3.8, 4) is 11.5 Å². The first kappa shape index (κ1) is 14.4. The van der Waals surface area contributed by atoms with Crippen molar-refractivity contribution < 1.29 is 9.26 Å². The fraction of sp³-hybridized carbons (Fsp3) is 0.462. The SMILES string of the molecule is CCCOCC(N)c1noc(-c2c[nH]c(C)cc2=O)n1. The molecule has 7 heteroatoms. The van der Waals surface area contributed by atoms with Gasteiger partial charge < -0.3 is 20.0 Å². The maximum Gasteiger partial charge on any atom is 0.263 e. The normalized spacial score (nSPS) is 12.6. The van der Waals surface area contributed by atoms with Gasteiger partial charge in [0.2, 0.25) is 0 Å². The number of hydrogen-bond donors (Lipinski definition) is 2. The molecule has 2 heterocycles. The van der Waals surface area contributed by atoms with Gasteiger partial charge >= 0.3 is 0 Å². The third-order valence-corrected chi connectivity index (χ3v) is 2.71. The van der Waals surface area contributed by atoms with Crippen LogP contribution in [0.2, 0.25) is 0 Å². The topological polar surface area (TPSA) is 107 Å². The lowest BCUT2D eigenvalue weighted by atomic mass is 10.2. The predicted octanol–water partition coefficient (Wildman–Crippen LogP) is 1.16. The second-order valence-electron chi connectivity index (χ2n) is 4.53. The Morgan fingerprint density at radius 3 is 3.05 bits per heavy atom. The summed E-state index contributed by atoms with van der Waals surface area (Å²) in [6.45, 7) is 4.76. The van der Waals surface area contributed by atoms with Gasteiger partial charge in [0.1, 0.15) is 5.56 Å². The van der Waals surface area contributed by atoms with Crippen molar-refractivity contribution in [2.45, 2.75) is 26.3 Å². The smallest absolute Gasteiger partial charge is 0.263 e. The largest absolute Gasteiger partial charge is 0.379 e. The molecule has 3 N–H and O–H groups in total. The van der Waals surface area contributed by atoms with E-state index in [2.05, 4.69) is 15.1 Å². The summed E-state index contributed by atoms with van der Waals surface area (Å²) in [5.74, 6) is 0.489. The number of rotatable bonds is 6. The van der Waals surface area contributed by atoms with Gasteiger partial charge in [-0.15, -0.1) is 0 Å². The summed E-state index contributed by atoms with van der Waals surface area (Å²) in [4.78, 5) is 18.9. The van der Waals surface area contributed by atoms with Crippen LogP contribution in [0.25, 0.3) is 11.5 Å². The third-order valence-electron chi connectivity index (χ3n) is 2.71. The Kier molecular flexibility index (Phi) is 4.65. The summed E-state index contributed by atoms with van der Waals surface area (Å²) in [6, 6.07) is 1.01. The standard InChI is InChI=1S/C13H18N4O3/c1-3-4-19-7-10(14)12-16-13(20-17-12)9-6-15-8(2)5-11(9)18/h5-6,10H,3-4,7,14H2,1-2H3,(H,15,18). The quantitative estimate of drug-likeness (QED) is 0.768. The highest BCUT2D eigenvalue weighted by atomic mass is 16.5. The molecular formula is C13H18N4O3. The monoisotopic (exact) mass is 278 g/mol. The molecule has 7 nitrogen and oxygen atoms in total. The molecule has 0 saturated carbocycles. The van der Waals surface area contributed by atoms with E-state index in [0.29, 0.717) is 24.6 Å². The number of nitrogens with two attached hydrogens (primary N) is 1. The molecule has 0 amide bonds. The van der Waals surface area contributed by atoms with E-state index in [-0.39, 0.29) is 11.3 Å². The van der Waals surface area contributed by atoms with Gasteiger partial charge in [-0.05, 0) is 13.3 Å². The van der Waals surface area contributed by atoms with Crippen molar-refractivity contribution in [1.82, 2.24) is 15.1 Å². The molecule has 0 aliphatic rings. The molecule has 2 rings (SSSR count). The van der Waals surface area contributed by atoms with Crippen LogP contribution in [0.3, 0.4) is 0 Å². The second-order valence-corrected chi connectivity index (χ2v) is 4.53. The van der Waals surface area contributed by atoms with Crippen molar-refractivity contribution >= 4 is 0 Å². The van der Waals surface area contributed by atoms with E-state index in [1.165, 1.54) is 6.07 Å². The van der Waals surface area contributed by atoms with Crippen LogP contribution < -0.4 is 11.2 Å². The molecule has 0 aromatic carbocycles. The predicted molar refractivity (Wildman–Crippen MR) is 73.1 cm³/mol. The Hall–Kier alpha value is -1.99. The molecule has 20 heavy (non-hydrogen) atoms. The van der Waals surface area contributed by atoms with Crippen molar-refractivity contribution in [3.63, 3.8) is 0 Å². The fourth-order valence-electron chi connectivity index (χ4n) is 1.66. The number of aromatic nitrogens is 3. The first-order chi connectivity index (χ1) is 9.61. The molecule has 0 saturated heterocycles. The van der Waals surface area contributed by atoms with Crippen molar-refractivity contribution in [3.05, 3.63) is 34.0 Å². The Morgan fingerprint density at radius 1 is 1.55 bits per heavy atom. The zero-order valence-corrected chi connectivity index (χ0v) is 11.5. The molecule has 108 valence electrons. The summed E-state index contributed by atoms with van der Waals surface area (Å²) in [5.41, 5.74) is 6.82. The molecule has 1 unspecified atom stereocenters. The van der Waals surface area contributed by atoms with Gasteiger partial charge in [-0.2, -0.15) is 4.98 Å². The zero-order valence-electron chi connectivity index (χ0n) is 11.5. The number of aryl methyl sites for hydroxylation is 1. The van der Waals surface area contributed by atoms with Gasteiger partial charge in [-0.3, -0.25) is 4.79 Å². The van der Waals surface area contributed by atoms with E-state index < -0.39 is 6.04 Å². The lowest BCUT2D eigenvalue weighted by Crippen LogP contribution is -2.18. The summed E-state index contributed by atoms with van der Waals surface area (Å²) >= 11 is 0. The van der Waals surface area contributed by atoms with Crippen LogP contribution in [0.1, 0.15) is 30.9 Å². The highest BCUT2D eigenvalue weighted by Crippen LogP contribution is 2.15. The van der Waals surface area contributed by atoms with Crippen LogP contribution in [-0.4, -0.2) is 28.3 Å². The molecule has 2 aromatic heterocycles. The highest BCUT2D eigenvalue weighted by molar-refractivity contribution is 5.50. The lowest BCUT2D eigenvalue weighted by molar-refractivity contribution is 0.119. The van der Waals surface area contributed by atoms with Gasteiger partial charge in [0.05, 0.1) is 12.6 Å². The highest BCUT2D eigenvalue weighted by Gasteiger charge is 2.17. The van der Waals surface area contributed by atoms with Gasteiger partial charge in [0.25, 0.3) is 5.89 Å². The van der Waals surface area contributed by atoms with E-state index in [1.54, 1.807) is 13.1 Å². The summed E-state index contributed by atoms with van der Waals surface area (Å²) in [7, 11) is 0. The molecule has 0 spiro atoms. The molecule has 0 radical (unpaired) electrons. The van der Waals surface area contributed by atoms with E-state index in [1.807, 2.05) is 6.92 Å². The average molecular weight is 278 g/mol. The molecule has 0 fully saturated rings. The third kappa shape index (κ3) is 3.31. The van der Waals surface area contributed by atoms with Gasteiger partial charge in [0, 0.05) is 24.6 Å². The van der Waals surface area contributed by atoms with Crippen LogP contribution in [-0.2, 0) is 4.74 Å². The number of nitrogens with zero attached hydrogens (tertiary/aromatic N) is 2. The Labute approximate surface area is 116 Å². The van der Waals surface area contributed by atoms with Gasteiger partial charge in [-0.1, -0.05) is 12.1 Å². The number of ether oxygens (including phenoxy) is 1. The van der Waals surface area contributed by atoms with Crippen LogP contribution in [0.4, 0.5) is 0 Å². The van der Waals surface area contributed by atoms with Gasteiger partial charge in [-0.25, -0.2) is 0 Å². The Balaban J connectivity index is 2.14. The van der Waals surface area contributed by atoms with Gasteiger partial charge in [0.15, 0.2) is 11.3 Å². The number of pyridine rings is 1. The summed E-state index contributed by atoms with van der Waals surface area (Å²) in [5, 5.41) is 3.79. The summed E-state index contributed by atoms with van der Waals surface area (Å²) in [6.07, 6.45) is 2.47. The van der Waals surface area contributed by atoms with E-state index in [9.17, 15) is 4.79 Å². The molecule has 0 aliphatic heterocycles. The van der Waals surface area contributed by atoms with Crippen LogP contribution in [0.15, 0.2) is 21.6 Å². The number of aromatic amines is 1.